The predicted octanol–water partition coefficient (Wildman–Crippen LogP) is 1.90. The second-order valence-electron chi connectivity index (χ2n) is 7.04. The van der Waals surface area contributed by atoms with E-state index in [1.165, 1.54) is 12.8 Å². The molecule has 1 aromatic rings. The molecule has 0 aromatic heterocycles. The van der Waals surface area contributed by atoms with Gasteiger partial charge in [0.2, 0.25) is 0 Å². The Kier molecular flexibility index (Phi) is 5.41. The van der Waals surface area contributed by atoms with E-state index in [9.17, 15) is 9.90 Å². The molecule has 2 aliphatic rings. The molecule has 0 unspecified atom stereocenters. The van der Waals surface area contributed by atoms with Gasteiger partial charge in [-0.2, -0.15) is 0 Å². The summed E-state index contributed by atoms with van der Waals surface area (Å²) in [6, 6.07) is 11.1. The zero-order valence-corrected chi connectivity index (χ0v) is 14.6. The number of nitrogens with zero attached hydrogens (tertiary/aromatic N) is 2. The van der Waals surface area contributed by atoms with Crippen LogP contribution in [0.3, 0.4) is 0 Å². The fourth-order valence-electron chi connectivity index (χ4n) is 4.22. The third-order valence-corrected chi connectivity index (χ3v) is 5.71. The number of aliphatic hydroxyl groups excluding tert-OH is 1. The van der Waals surface area contributed by atoms with Crippen molar-refractivity contribution >= 4 is 11.7 Å². The van der Waals surface area contributed by atoms with Crippen molar-refractivity contribution in [2.24, 2.45) is 5.92 Å². The van der Waals surface area contributed by atoms with Crippen LogP contribution in [0, 0.1) is 5.92 Å². The Morgan fingerprint density at radius 1 is 1.21 bits per heavy atom. The summed E-state index contributed by atoms with van der Waals surface area (Å²) >= 11 is 0. The second kappa shape index (κ2) is 7.53. The molecule has 0 amide bonds. The summed E-state index contributed by atoms with van der Waals surface area (Å²) in [7, 11) is 3.58. The number of para-hydroxylation sites is 1. The van der Waals surface area contributed by atoms with Gasteiger partial charge in [0.1, 0.15) is 0 Å². The van der Waals surface area contributed by atoms with Gasteiger partial charge in [0.05, 0.1) is 19.1 Å². The van der Waals surface area contributed by atoms with Gasteiger partial charge in [-0.05, 0) is 37.8 Å². The number of likely N-dealkylation sites (tertiary alicyclic amines) is 1. The number of carbonyl (C=O) groups excluding carboxylic acids is 1. The number of methoxy groups -OCH3 is 1. The zero-order chi connectivity index (χ0) is 17.1. The maximum Gasteiger partial charge on any atom is 0.308 e. The van der Waals surface area contributed by atoms with E-state index in [0.29, 0.717) is 18.9 Å². The minimum Gasteiger partial charge on any atom is -0.469 e. The largest absolute Gasteiger partial charge is 0.469 e. The van der Waals surface area contributed by atoms with E-state index >= 15 is 0 Å². The molecule has 1 saturated heterocycles. The van der Waals surface area contributed by atoms with Crippen molar-refractivity contribution in [3.05, 3.63) is 30.3 Å². The van der Waals surface area contributed by atoms with Gasteiger partial charge in [-0.15, -0.1) is 0 Å². The van der Waals surface area contributed by atoms with E-state index in [-0.39, 0.29) is 17.9 Å². The SMILES string of the molecule is COC(=O)[C@H]1C[C@H](O)[C@@H](N2CCC(N(C)c3ccccc3)CC2)C1. The topological polar surface area (TPSA) is 53.0 Å². The minimum absolute atomic E-state index is 0.0945. The molecule has 5 nitrogen and oxygen atoms in total. The van der Waals surface area contributed by atoms with E-state index < -0.39 is 6.10 Å². The minimum atomic E-state index is -0.419. The van der Waals surface area contributed by atoms with Gasteiger partial charge in [-0.3, -0.25) is 9.69 Å². The van der Waals surface area contributed by atoms with Crippen LogP contribution in [0.15, 0.2) is 30.3 Å². The van der Waals surface area contributed by atoms with Gasteiger partial charge in [0.25, 0.3) is 0 Å². The summed E-state index contributed by atoms with van der Waals surface area (Å²) in [5.74, 6) is -0.338. The summed E-state index contributed by atoms with van der Waals surface area (Å²) in [4.78, 5) is 16.5. The third kappa shape index (κ3) is 3.57. The van der Waals surface area contributed by atoms with Gasteiger partial charge in [-0.25, -0.2) is 0 Å². The molecule has 1 heterocycles. The molecule has 2 fully saturated rings. The number of hydrogen-bond donors (Lipinski definition) is 1. The molecule has 1 saturated carbocycles. The normalized spacial score (nSPS) is 28.7. The van der Waals surface area contributed by atoms with Crippen molar-refractivity contribution < 1.29 is 14.6 Å². The van der Waals surface area contributed by atoms with Crippen LogP contribution in [-0.2, 0) is 9.53 Å². The number of piperidine rings is 1. The number of hydrogen-bond acceptors (Lipinski definition) is 5. The maximum atomic E-state index is 11.7. The van der Waals surface area contributed by atoms with Crippen LogP contribution in [0.5, 0.6) is 0 Å². The molecule has 132 valence electrons. The van der Waals surface area contributed by atoms with Crippen LogP contribution in [0.4, 0.5) is 5.69 Å². The van der Waals surface area contributed by atoms with Gasteiger partial charge < -0.3 is 14.7 Å². The summed E-state index contributed by atoms with van der Waals surface area (Å²) in [5, 5.41) is 10.3. The molecule has 1 N–H and O–H groups in total. The fraction of sp³-hybridized carbons (Fsp3) is 0.632. The number of rotatable bonds is 4. The standard InChI is InChI=1S/C19H28N2O3/c1-20(15-6-4-3-5-7-15)16-8-10-21(11-9-16)17-12-14(13-18(17)22)19(23)24-2/h3-7,14,16-18,22H,8-13H2,1-2H3/t14-,17+,18+/m1/s1. The second-order valence-corrected chi connectivity index (χ2v) is 7.04. The van der Waals surface area contributed by atoms with Crippen molar-refractivity contribution in [1.82, 2.24) is 4.90 Å². The summed E-state index contributed by atoms with van der Waals surface area (Å²) in [5.41, 5.74) is 1.25. The highest BCUT2D eigenvalue weighted by Gasteiger charge is 2.41. The van der Waals surface area contributed by atoms with Crippen LogP contribution in [0.25, 0.3) is 0 Å². The summed E-state index contributed by atoms with van der Waals surface area (Å²) in [6.07, 6.45) is 2.99. The van der Waals surface area contributed by atoms with Crippen molar-refractivity contribution in [2.45, 2.75) is 43.9 Å². The van der Waals surface area contributed by atoms with E-state index in [4.69, 9.17) is 4.74 Å². The lowest BCUT2D eigenvalue weighted by molar-refractivity contribution is -0.145. The van der Waals surface area contributed by atoms with Crippen LogP contribution in [0.1, 0.15) is 25.7 Å². The maximum absolute atomic E-state index is 11.7. The van der Waals surface area contributed by atoms with Gasteiger partial charge in [0, 0.05) is 37.9 Å². The Hall–Kier alpha value is -1.59. The van der Waals surface area contributed by atoms with E-state index in [1.54, 1.807) is 0 Å². The fourth-order valence-corrected chi connectivity index (χ4v) is 4.22. The monoisotopic (exact) mass is 332 g/mol. The van der Waals surface area contributed by atoms with Crippen molar-refractivity contribution in [3.63, 3.8) is 0 Å². The summed E-state index contributed by atoms with van der Waals surface area (Å²) in [6.45, 7) is 1.94. The molecule has 0 bridgehead atoms. The average Bonchev–Trinajstić information content (AvgIpc) is 3.03. The van der Waals surface area contributed by atoms with Crippen molar-refractivity contribution in [2.75, 3.05) is 32.1 Å². The van der Waals surface area contributed by atoms with E-state index in [0.717, 1.165) is 25.9 Å². The number of carbonyl (C=O) groups is 1. The number of esters is 1. The van der Waals surface area contributed by atoms with Crippen LogP contribution in [0.2, 0.25) is 0 Å². The lowest BCUT2D eigenvalue weighted by Crippen LogP contribution is -2.49. The Morgan fingerprint density at radius 3 is 2.50 bits per heavy atom. The number of aliphatic hydroxyl groups is 1. The molecule has 0 spiro atoms. The highest BCUT2D eigenvalue weighted by molar-refractivity contribution is 5.72. The number of anilines is 1. The molecule has 5 heteroatoms. The Bertz CT molecular complexity index is 543. The predicted molar refractivity (Wildman–Crippen MR) is 94.0 cm³/mol. The summed E-state index contributed by atoms with van der Waals surface area (Å²) < 4.78 is 4.84. The van der Waals surface area contributed by atoms with E-state index in [1.807, 2.05) is 6.07 Å². The molecular formula is C19H28N2O3. The van der Waals surface area contributed by atoms with Gasteiger partial charge in [0.15, 0.2) is 0 Å². The number of benzene rings is 1. The quantitative estimate of drug-likeness (QED) is 0.854. The molecule has 3 rings (SSSR count). The first kappa shape index (κ1) is 17.2. The first-order valence-electron chi connectivity index (χ1n) is 8.88. The molecule has 24 heavy (non-hydrogen) atoms. The lowest BCUT2D eigenvalue weighted by Gasteiger charge is -2.41. The van der Waals surface area contributed by atoms with Crippen molar-refractivity contribution in [1.29, 1.82) is 0 Å². The lowest BCUT2D eigenvalue weighted by atomic mass is 10.00. The van der Waals surface area contributed by atoms with Crippen LogP contribution in [-0.4, -0.2) is 61.4 Å². The van der Waals surface area contributed by atoms with Crippen molar-refractivity contribution in [3.8, 4) is 0 Å². The van der Waals surface area contributed by atoms with Gasteiger partial charge in [-0.1, -0.05) is 18.2 Å². The van der Waals surface area contributed by atoms with Gasteiger partial charge >= 0.3 is 5.97 Å². The Labute approximate surface area is 144 Å². The highest BCUT2D eigenvalue weighted by atomic mass is 16.5. The average molecular weight is 332 g/mol. The van der Waals surface area contributed by atoms with E-state index in [2.05, 4.69) is 41.1 Å². The zero-order valence-electron chi connectivity index (χ0n) is 14.6. The first-order valence-corrected chi connectivity index (χ1v) is 8.88. The molecular weight excluding hydrogens is 304 g/mol. The Balaban J connectivity index is 1.55. The third-order valence-electron chi connectivity index (χ3n) is 5.71. The molecule has 3 atom stereocenters. The molecule has 1 aliphatic carbocycles. The molecule has 1 aliphatic heterocycles. The highest BCUT2D eigenvalue weighted by Crippen LogP contribution is 2.33. The number of ether oxygens (including phenoxy) is 1. The Morgan fingerprint density at radius 2 is 1.88 bits per heavy atom. The first-order chi connectivity index (χ1) is 11.6. The molecule has 0 radical (unpaired) electrons. The van der Waals surface area contributed by atoms with Crippen LogP contribution >= 0.6 is 0 Å². The van der Waals surface area contributed by atoms with Crippen LogP contribution < -0.4 is 4.90 Å². The smallest absolute Gasteiger partial charge is 0.308 e. The molecule has 1 aromatic carbocycles.